The van der Waals surface area contributed by atoms with Gasteiger partial charge in [0.1, 0.15) is 18.0 Å². The molecule has 8 heteroatoms. The Kier molecular flexibility index (Phi) is 5.49. The number of alkyl halides is 3. The van der Waals surface area contributed by atoms with E-state index in [0.29, 0.717) is 11.2 Å². The molecule has 1 heterocycles. The van der Waals surface area contributed by atoms with Crippen LogP contribution in [-0.4, -0.2) is 10.7 Å². The zero-order valence-corrected chi connectivity index (χ0v) is 13.4. The Hall–Kier alpha value is -1.79. The summed E-state index contributed by atoms with van der Waals surface area (Å²) in [7, 11) is 0. The fourth-order valence-electron chi connectivity index (χ4n) is 1.69. The number of rotatable bonds is 4. The number of benzene rings is 1. The maximum Gasteiger partial charge on any atom is 0.417 e. The van der Waals surface area contributed by atoms with E-state index in [1.807, 2.05) is 0 Å². The van der Waals surface area contributed by atoms with E-state index in [9.17, 15) is 13.2 Å². The first kappa shape index (κ1) is 17.6. The Morgan fingerprint density at radius 1 is 1.22 bits per heavy atom. The highest BCUT2D eigenvalue weighted by atomic mass is 35.5. The zero-order chi connectivity index (χ0) is 17.0. The van der Waals surface area contributed by atoms with Gasteiger partial charge in [-0.05, 0) is 30.7 Å². The van der Waals surface area contributed by atoms with E-state index in [-0.39, 0.29) is 23.0 Å². The molecule has 3 nitrogen and oxygen atoms in total. The Bertz CT molecular complexity index is 716. The molecule has 23 heavy (non-hydrogen) atoms. The number of halogens is 5. The second-order valence-electron chi connectivity index (χ2n) is 4.63. The molecular weight excluding hydrogens is 352 g/mol. The quantitative estimate of drug-likeness (QED) is 0.542. The summed E-state index contributed by atoms with van der Waals surface area (Å²) in [5.74, 6) is 0. The highest BCUT2D eigenvalue weighted by Gasteiger charge is 2.31. The molecule has 2 aromatic rings. The molecule has 122 valence electrons. The lowest BCUT2D eigenvalue weighted by atomic mass is 10.2. The van der Waals surface area contributed by atoms with Crippen molar-refractivity contribution in [2.45, 2.75) is 19.7 Å². The van der Waals surface area contributed by atoms with E-state index in [0.717, 1.165) is 11.6 Å². The monoisotopic (exact) mass is 362 g/mol. The number of hydrogen-bond donors (Lipinski definition) is 0. The van der Waals surface area contributed by atoms with Crippen LogP contribution < -0.4 is 0 Å². The number of nitrogens with zero attached hydrogens (tertiary/aromatic N) is 2. The molecule has 2 rings (SSSR count). The lowest BCUT2D eigenvalue weighted by Crippen LogP contribution is -2.08. The number of pyridine rings is 1. The molecule has 0 aliphatic rings. The van der Waals surface area contributed by atoms with Gasteiger partial charge in [-0.2, -0.15) is 13.2 Å². The maximum atomic E-state index is 12.6. The smallest absolute Gasteiger partial charge is 0.391 e. The summed E-state index contributed by atoms with van der Waals surface area (Å²) in [5, 5.41) is 4.28. The van der Waals surface area contributed by atoms with Gasteiger partial charge in [0.05, 0.1) is 10.6 Å². The molecule has 0 spiro atoms. The topological polar surface area (TPSA) is 34.5 Å². The van der Waals surface area contributed by atoms with Crippen molar-refractivity contribution in [2.24, 2.45) is 5.16 Å². The van der Waals surface area contributed by atoms with Gasteiger partial charge >= 0.3 is 6.18 Å². The van der Waals surface area contributed by atoms with Crippen LogP contribution in [-0.2, 0) is 17.6 Å². The molecule has 0 fully saturated rings. The van der Waals surface area contributed by atoms with Crippen molar-refractivity contribution < 1.29 is 18.0 Å². The van der Waals surface area contributed by atoms with Gasteiger partial charge in [0, 0.05) is 11.2 Å². The van der Waals surface area contributed by atoms with E-state index in [1.54, 1.807) is 31.2 Å². The molecular formula is C15H11Cl2F3N2O. The van der Waals surface area contributed by atoms with Crippen LogP contribution in [0.1, 0.15) is 23.7 Å². The first-order valence-corrected chi connectivity index (χ1v) is 7.17. The molecule has 0 N–H and O–H groups in total. The van der Waals surface area contributed by atoms with Crippen molar-refractivity contribution in [3.05, 3.63) is 63.4 Å². The van der Waals surface area contributed by atoms with Gasteiger partial charge in [-0.15, -0.1) is 0 Å². The van der Waals surface area contributed by atoms with E-state index in [1.165, 1.54) is 0 Å². The van der Waals surface area contributed by atoms with Gasteiger partial charge in [0.15, 0.2) is 0 Å². The molecule has 1 aromatic heterocycles. The summed E-state index contributed by atoms with van der Waals surface area (Å²) in [6.45, 7) is 1.73. The fourth-order valence-corrected chi connectivity index (χ4v) is 2.12. The highest BCUT2D eigenvalue weighted by molar-refractivity contribution is 6.33. The standard InChI is InChI=1S/C15H11Cl2F3N2O/c1-9(22-23-8-10-2-4-12(16)5-3-10)14-13(17)6-11(7-21-14)15(18,19)20/h2-7H,8H2,1H3/b22-9-. The van der Waals surface area contributed by atoms with Crippen LogP contribution in [0, 0.1) is 0 Å². The molecule has 1 aromatic carbocycles. The zero-order valence-electron chi connectivity index (χ0n) is 11.9. The van der Waals surface area contributed by atoms with Gasteiger partial charge < -0.3 is 4.84 Å². The SMILES string of the molecule is C/C(=N/OCc1ccc(Cl)cc1)c1ncc(C(F)(F)F)cc1Cl. The van der Waals surface area contributed by atoms with Crippen LogP contribution >= 0.6 is 23.2 Å². The summed E-state index contributed by atoms with van der Waals surface area (Å²) in [5.41, 5.74) is 0.340. The lowest BCUT2D eigenvalue weighted by molar-refractivity contribution is -0.137. The average Bonchev–Trinajstić information content (AvgIpc) is 2.48. The predicted octanol–water partition coefficient (Wildman–Crippen LogP) is 5.35. The van der Waals surface area contributed by atoms with Crippen LogP contribution in [0.2, 0.25) is 10.0 Å². The van der Waals surface area contributed by atoms with Crippen LogP contribution in [0.3, 0.4) is 0 Å². The highest BCUT2D eigenvalue weighted by Crippen LogP contribution is 2.31. The molecule has 0 bridgehead atoms. The Balaban J connectivity index is 2.07. The molecule has 0 unspecified atom stereocenters. The first-order valence-electron chi connectivity index (χ1n) is 6.41. The summed E-state index contributed by atoms with van der Waals surface area (Å²) in [4.78, 5) is 8.85. The second kappa shape index (κ2) is 7.19. The number of aromatic nitrogens is 1. The summed E-state index contributed by atoms with van der Waals surface area (Å²) in [6, 6.07) is 7.78. The maximum absolute atomic E-state index is 12.6. The van der Waals surface area contributed by atoms with Crippen molar-refractivity contribution in [1.82, 2.24) is 4.98 Å². The van der Waals surface area contributed by atoms with Crippen molar-refractivity contribution in [3.63, 3.8) is 0 Å². The minimum Gasteiger partial charge on any atom is -0.391 e. The van der Waals surface area contributed by atoms with E-state index >= 15 is 0 Å². The summed E-state index contributed by atoms with van der Waals surface area (Å²) < 4.78 is 37.7. The Morgan fingerprint density at radius 2 is 1.87 bits per heavy atom. The second-order valence-corrected chi connectivity index (χ2v) is 5.47. The molecule has 0 aliphatic carbocycles. The lowest BCUT2D eigenvalue weighted by Gasteiger charge is -2.09. The van der Waals surface area contributed by atoms with Crippen LogP contribution in [0.5, 0.6) is 0 Å². The molecule has 0 radical (unpaired) electrons. The van der Waals surface area contributed by atoms with Crippen LogP contribution in [0.15, 0.2) is 41.7 Å². The molecule has 0 amide bonds. The minimum atomic E-state index is -4.49. The molecule has 0 saturated carbocycles. The van der Waals surface area contributed by atoms with E-state index < -0.39 is 11.7 Å². The molecule has 0 saturated heterocycles. The summed E-state index contributed by atoms with van der Waals surface area (Å²) >= 11 is 11.6. The van der Waals surface area contributed by atoms with Gasteiger partial charge in [0.2, 0.25) is 0 Å². The number of oxime groups is 1. The van der Waals surface area contributed by atoms with Gasteiger partial charge in [-0.3, -0.25) is 4.98 Å². The third kappa shape index (κ3) is 4.84. The number of hydrogen-bond acceptors (Lipinski definition) is 3. The third-order valence-electron chi connectivity index (χ3n) is 2.86. The van der Waals surface area contributed by atoms with Gasteiger partial charge in [0.25, 0.3) is 0 Å². The first-order chi connectivity index (χ1) is 10.8. The average molecular weight is 363 g/mol. The van der Waals surface area contributed by atoms with Gasteiger partial charge in [-0.25, -0.2) is 0 Å². The normalized spacial score (nSPS) is 12.3. The van der Waals surface area contributed by atoms with Crippen LogP contribution in [0.4, 0.5) is 13.2 Å². The van der Waals surface area contributed by atoms with Crippen molar-refractivity contribution in [2.75, 3.05) is 0 Å². The van der Waals surface area contributed by atoms with Gasteiger partial charge in [-0.1, -0.05) is 40.5 Å². The summed E-state index contributed by atoms with van der Waals surface area (Å²) in [6.07, 6.45) is -3.79. The Labute approximate surface area is 140 Å². The van der Waals surface area contributed by atoms with E-state index in [4.69, 9.17) is 28.0 Å². The van der Waals surface area contributed by atoms with Crippen molar-refractivity contribution >= 4 is 28.9 Å². The molecule has 0 atom stereocenters. The largest absolute Gasteiger partial charge is 0.417 e. The third-order valence-corrected chi connectivity index (χ3v) is 3.40. The van der Waals surface area contributed by atoms with Crippen LogP contribution in [0.25, 0.3) is 0 Å². The predicted molar refractivity (Wildman–Crippen MR) is 82.7 cm³/mol. The Morgan fingerprint density at radius 3 is 2.43 bits per heavy atom. The minimum absolute atomic E-state index is 0.135. The van der Waals surface area contributed by atoms with E-state index in [2.05, 4.69) is 10.1 Å². The van der Waals surface area contributed by atoms with Crippen molar-refractivity contribution in [3.8, 4) is 0 Å². The van der Waals surface area contributed by atoms with Crippen molar-refractivity contribution in [1.29, 1.82) is 0 Å². The molecule has 0 aliphatic heterocycles. The fraction of sp³-hybridized carbons (Fsp3) is 0.200.